The maximum absolute atomic E-state index is 13.2. The van der Waals surface area contributed by atoms with Crippen molar-refractivity contribution in [3.05, 3.63) is 35.9 Å². The normalized spacial score (nSPS) is 25.0. The lowest BCUT2D eigenvalue weighted by atomic mass is 9.96. The van der Waals surface area contributed by atoms with Crippen molar-refractivity contribution in [1.82, 2.24) is 15.1 Å². The topological polar surface area (TPSA) is 72.9 Å². The van der Waals surface area contributed by atoms with Crippen molar-refractivity contribution in [2.24, 2.45) is 11.8 Å². The van der Waals surface area contributed by atoms with Gasteiger partial charge in [0.15, 0.2) is 0 Å². The molecule has 1 aromatic carbocycles. The van der Waals surface area contributed by atoms with E-state index in [0.29, 0.717) is 18.3 Å². The molecule has 166 valence electrons. The quantitative estimate of drug-likeness (QED) is 0.707. The number of fused-ring (bicyclic) bond motifs is 1. The van der Waals surface area contributed by atoms with Gasteiger partial charge in [-0.25, -0.2) is 4.79 Å². The van der Waals surface area contributed by atoms with Crippen LogP contribution in [0.2, 0.25) is 0 Å². The molecular formula is C24H37N3O3. The van der Waals surface area contributed by atoms with Crippen molar-refractivity contribution >= 4 is 12.0 Å². The zero-order chi connectivity index (χ0) is 21.9. The predicted molar refractivity (Wildman–Crippen MR) is 118 cm³/mol. The largest absolute Gasteiger partial charge is 0.465 e. The van der Waals surface area contributed by atoms with Crippen LogP contribution in [-0.4, -0.2) is 57.6 Å². The van der Waals surface area contributed by atoms with Crippen LogP contribution in [0.1, 0.15) is 58.9 Å². The van der Waals surface area contributed by atoms with E-state index in [4.69, 9.17) is 0 Å². The van der Waals surface area contributed by atoms with E-state index in [1.54, 1.807) is 0 Å². The summed E-state index contributed by atoms with van der Waals surface area (Å²) in [5.74, 6) is 0.927. The molecule has 0 radical (unpaired) electrons. The van der Waals surface area contributed by atoms with E-state index < -0.39 is 17.7 Å². The third-order valence-corrected chi connectivity index (χ3v) is 6.61. The number of amides is 2. The van der Waals surface area contributed by atoms with Gasteiger partial charge >= 0.3 is 6.09 Å². The van der Waals surface area contributed by atoms with Crippen molar-refractivity contribution in [2.75, 3.05) is 13.1 Å². The Labute approximate surface area is 180 Å². The second-order valence-electron chi connectivity index (χ2n) is 9.92. The molecule has 1 aromatic rings. The number of carbonyl (C=O) groups is 2. The van der Waals surface area contributed by atoms with Gasteiger partial charge in [-0.2, -0.15) is 0 Å². The Balaban J connectivity index is 1.64. The Bertz CT molecular complexity index is 731. The lowest BCUT2D eigenvalue weighted by molar-refractivity contribution is -0.129. The van der Waals surface area contributed by atoms with Gasteiger partial charge in [-0.3, -0.25) is 14.6 Å². The number of carboxylic acid groups (broad SMARTS) is 1. The Morgan fingerprint density at radius 2 is 1.90 bits per heavy atom. The van der Waals surface area contributed by atoms with Gasteiger partial charge in [0.25, 0.3) is 0 Å². The van der Waals surface area contributed by atoms with E-state index in [2.05, 4.69) is 34.5 Å². The molecule has 0 bridgehead atoms. The van der Waals surface area contributed by atoms with Crippen molar-refractivity contribution in [1.29, 1.82) is 0 Å². The van der Waals surface area contributed by atoms with Crippen LogP contribution in [0.3, 0.4) is 0 Å². The van der Waals surface area contributed by atoms with E-state index in [1.165, 1.54) is 10.5 Å². The first kappa shape index (κ1) is 22.6. The van der Waals surface area contributed by atoms with Crippen molar-refractivity contribution in [3.8, 4) is 0 Å². The zero-order valence-electron chi connectivity index (χ0n) is 18.8. The molecule has 3 rings (SSSR count). The maximum atomic E-state index is 13.2. The Morgan fingerprint density at radius 3 is 2.50 bits per heavy atom. The van der Waals surface area contributed by atoms with Crippen molar-refractivity contribution < 1.29 is 14.7 Å². The molecule has 1 aliphatic heterocycles. The molecule has 0 spiro atoms. The third kappa shape index (κ3) is 5.15. The minimum Gasteiger partial charge on any atom is -0.465 e. The van der Waals surface area contributed by atoms with Gasteiger partial charge in [-0.05, 0) is 57.4 Å². The molecular weight excluding hydrogens is 378 g/mol. The first-order chi connectivity index (χ1) is 14.2. The van der Waals surface area contributed by atoms with Crippen molar-refractivity contribution in [3.63, 3.8) is 0 Å². The van der Waals surface area contributed by atoms with E-state index >= 15 is 0 Å². The molecule has 1 saturated carbocycles. The second kappa shape index (κ2) is 9.38. The van der Waals surface area contributed by atoms with Crippen LogP contribution >= 0.6 is 0 Å². The maximum Gasteiger partial charge on any atom is 0.408 e. The molecule has 1 aliphatic carbocycles. The Hall–Kier alpha value is -2.08. The van der Waals surface area contributed by atoms with E-state index in [9.17, 15) is 14.7 Å². The molecule has 4 atom stereocenters. The van der Waals surface area contributed by atoms with Gasteiger partial charge in [0.1, 0.15) is 6.04 Å². The molecule has 1 unspecified atom stereocenters. The fourth-order valence-electron chi connectivity index (χ4n) is 5.33. The first-order valence-electron chi connectivity index (χ1n) is 11.3. The zero-order valence-corrected chi connectivity index (χ0v) is 18.8. The Morgan fingerprint density at radius 1 is 1.20 bits per heavy atom. The van der Waals surface area contributed by atoms with Gasteiger partial charge in [0.05, 0.1) is 0 Å². The first-order valence-corrected chi connectivity index (χ1v) is 11.3. The molecule has 0 aromatic heterocycles. The Kier molecular flexibility index (Phi) is 7.06. The molecule has 30 heavy (non-hydrogen) atoms. The van der Waals surface area contributed by atoms with Crippen LogP contribution < -0.4 is 5.32 Å². The highest BCUT2D eigenvalue weighted by atomic mass is 16.4. The fourth-order valence-corrected chi connectivity index (χ4v) is 5.33. The number of rotatable bonds is 7. The lowest BCUT2D eigenvalue weighted by Gasteiger charge is -2.39. The minimum absolute atomic E-state index is 0.137. The number of benzene rings is 1. The summed E-state index contributed by atoms with van der Waals surface area (Å²) in [6.07, 6.45) is 2.38. The van der Waals surface area contributed by atoms with Crippen LogP contribution in [0, 0.1) is 11.8 Å². The van der Waals surface area contributed by atoms with Crippen LogP contribution in [0.4, 0.5) is 4.79 Å². The number of hydrogen-bond donors (Lipinski definition) is 2. The van der Waals surface area contributed by atoms with Gasteiger partial charge in [0.2, 0.25) is 5.91 Å². The highest BCUT2D eigenvalue weighted by molar-refractivity contribution is 5.86. The van der Waals surface area contributed by atoms with Crippen LogP contribution in [-0.2, 0) is 11.3 Å². The number of hydrogen-bond acceptors (Lipinski definition) is 3. The summed E-state index contributed by atoms with van der Waals surface area (Å²) in [6, 6.07) is 10.0. The number of nitrogens with one attached hydrogen (secondary N) is 1. The third-order valence-electron chi connectivity index (χ3n) is 6.61. The van der Waals surface area contributed by atoms with E-state index in [0.717, 1.165) is 38.9 Å². The molecule has 1 heterocycles. The van der Waals surface area contributed by atoms with Crippen LogP contribution in [0.15, 0.2) is 30.3 Å². The summed E-state index contributed by atoms with van der Waals surface area (Å²) in [7, 11) is 0. The number of nitrogens with zero attached hydrogens (tertiary/aromatic N) is 2. The van der Waals surface area contributed by atoms with Crippen molar-refractivity contribution in [2.45, 2.75) is 77.5 Å². The van der Waals surface area contributed by atoms with E-state index in [1.807, 2.05) is 33.8 Å². The highest BCUT2D eigenvalue weighted by Gasteiger charge is 2.44. The van der Waals surface area contributed by atoms with Gasteiger partial charge in [-0.1, -0.05) is 43.7 Å². The molecule has 6 heteroatoms. The highest BCUT2D eigenvalue weighted by Crippen LogP contribution is 2.39. The molecule has 6 nitrogen and oxygen atoms in total. The van der Waals surface area contributed by atoms with Gasteiger partial charge in [0, 0.05) is 31.2 Å². The monoisotopic (exact) mass is 415 g/mol. The number of likely N-dealkylation sites (tertiary alicyclic amines) is 1. The number of carbonyl (C=O) groups excluding carboxylic acids is 1. The lowest BCUT2D eigenvalue weighted by Crippen LogP contribution is -2.58. The second-order valence-corrected chi connectivity index (χ2v) is 9.92. The average molecular weight is 416 g/mol. The molecule has 2 amide bonds. The molecule has 2 N–H and O–H groups in total. The van der Waals surface area contributed by atoms with Gasteiger partial charge in [-0.15, -0.1) is 0 Å². The SMILES string of the molecule is CCCC(C(=O)N[C@@H]1CC[C@H]2CN(Cc3ccccc3)C[C@H]21)N(C(=O)O)C(C)(C)C. The smallest absolute Gasteiger partial charge is 0.408 e. The van der Waals surface area contributed by atoms with Crippen LogP contribution in [0.25, 0.3) is 0 Å². The molecule has 1 saturated heterocycles. The molecule has 2 fully saturated rings. The van der Waals surface area contributed by atoms with E-state index in [-0.39, 0.29) is 11.9 Å². The fraction of sp³-hybridized carbons (Fsp3) is 0.667. The summed E-state index contributed by atoms with van der Waals surface area (Å²) < 4.78 is 0. The average Bonchev–Trinajstić information content (AvgIpc) is 3.22. The van der Waals surface area contributed by atoms with Gasteiger partial charge < -0.3 is 10.4 Å². The molecule has 2 aliphatic rings. The predicted octanol–water partition coefficient (Wildman–Crippen LogP) is 3.96. The summed E-state index contributed by atoms with van der Waals surface area (Å²) in [5, 5.41) is 13.0. The van der Waals surface area contributed by atoms with Crippen LogP contribution in [0.5, 0.6) is 0 Å². The summed E-state index contributed by atoms with van der Waals surface area (Å²) in [4.78, 5) is 29.0. The summed E-state index contributed by atoms with van der Waals surface area (Å²) >= 11 is 0. The summed E-state index contributed by atoms with van der Waals surface area (Å²) in [6.45, 7) is 10.6. The standard InChI is InChI=1S/C24H37N3O3/c1-5-9-21(27(23(29)30)24(2,3)4)22(28)25-20-13-12-18-15-26(16-19(18)20)14-17-10-7-6-8-11-17/h6-8,10-11,18-21H,5,9,12-16H2,1-4H3,(H,25,28)(H,29,30)/t18-,19+,20+,21?/m0/s1. The summed E-state index contributed by atoms with van der Waals surface area (Å²) in [5.41, 5.74) is 0.699. The minimum atomic E-state index is -1.03.